The van der Waals surface area contributed by atoms with Gasteiger partial charge in [0.1, 0.15) is 12.4 Å². The lowest BCUT2D eigenvalue weighted by Gasteiger charge is -2.22. The van der Waals surface area contributed by atoms with Crippen molar-refractivity contribution in [2.75, 3.05) is 53.6 Å². The first-order chi connectivity index (χ1) is 15.1. The highest BCUT2D eigenvalue weighted by molar-refractivity contribution is 6.30. The van der Waals surface area contributed by atoms with Crippen molar-refractivity contribution in [3.8, 4) is 11.5 Å². The quantitative estimate of drug-likeness (QED) is 0.355. The number of ether oxygens (including phenoxy) is 4. The predicted octanol–water partition coefficient (Wildman–Crippen LogP) is 5.52. The number of halogens is 2. The number of aromatic nitrogens is 1. The highest BCUT2D eigenvalue weighted by atomic mass is 35.5. The highest BCUT2D eigenvalue weighted by Crippen LogP contribution is 2.38. The van der Waals surface area contributed by atoms with Crippen LogP contribution in [-0.2, 0) is 15.9 Å². The van der Waals surface area contributed by atoms with Crippen molar-refractivity contribution in [3.05, 3.63) is 59.8 Å². The highest BCUT2D eigenvalue weighted by Gasteiger charge is 2.21. The van der Waals surface area contributed by atoms with Crippen molar-refractivity contribution in [2.24, 2.45) is 0 Å². The molecule has 0 saturated carbocycles. The number of benzene rings is 1. The molecule has 0 fully saturated rings. The molecule has 1 atom stereocenters. The monoisotopic (exact) mass is 456 g/mol. The second kappa shape index (κ2) is 17.3. The van der Waals surface area contributed by atoms with Gasteiger partial charge in [0.15, 0.2) is 11.5 Å². The lowest BCUT2D eigenvalue weighted by Crippen LogP contribution is -2.12. The first-order valence-corrected chi connectivity index (χ1v) is 10.1. The van der Waals surface area contributed by atoms with Crippen LogP contribution in [0.5, 0.6) is 11.5 Å². The Kier molecular flexibility index (Phi) is 16.0. The zero-order valence-corrected chi connectivity index (χ0v) is 19.8. The van der Waals surface area contributed by atoms with Crippen LogP contribution in [-0.4, -0.2) is 53.2 Å². The summed E-state index contributed by atoms with van der Waals surface area (Å²) in [6.07, 6.45) is 1.98. The van der Waals surface area contributed by atoms with Crippen LogP contribution in [0, 0.1) is 0 Å². The number of alkyl halides is 1. The standard InChI is InChI=1S/C20H27ClN2O4.C2H4.CH3F/c1-5-22-20-14(11-15(21)13-23-20)12-18(25-3)16-7-6-8-17(19(16)26-4)27-10-9-24-2;2*1-2/h6-8,11,13,18H,5,9-10,12H2,1-4H3,(H,22,23);1-2H2;1H3. The summed E-state index contributed by atoms with van der Waals surface area (Å²) in [6, 6.07) is 7.67. The molecule has 1 unspecified atom stereocenters. The maximum Gasteiger partial charge on any atom is 0.166 e. The largest absolute Gasteiger partial charge is 0.492 e. The van der Waals surface area contributed by atoms with Crippen molar-refractivity contribution in [1.29, 1.82) is 0 Å². The third-order valence-corrected chi connectivity index (χ3v) is 4.28. The molecule has 31 heavy (non-hydrogen) atoms. The van der Waals surface area contributed by atoms with Crippen LogP contribution in [0.15, 0.2) is 43.6 Å². The number of hydrogen-bond donors (Lipinski definition) is 1. The fraction of sp³-hybridized carbons (Fsp3) is 0.435. The number of para-hydroxylation sites is 1. The Bertz CT molecular complexity index is 750. The molecule has 2 aromatic rings. The first-order valence-electron chi connectivity index (χ1n) is 9.72. The molecule has 1 N–H and O–H groups in total. The zero-order valence-electron chi connectivity index (χ0n) is 19.0. The number of hydrogen-bond acceptors (Lipinski definition) is 6. The van der Waals surface area contributed by atoms with E-state index in [0.717, 1.165) is 23.5 Å². The van der Waals surface area contributed by atoms with E-state index in [9.17, 15) is 4.39 Å². The zero-order chi connectivity index (χ0) is 23.6. The molecular weight excluding hydrogens is 423 g/mol. The van der Waals surface area contributed by atoms with Crippen molar-refractivity contribution < 1.29 is 23.3 Å². The average Bonchev–Trinajstić information content (AvgIpc) is 2.82. The minimum absolute atomic E-state index is 0.247. The van der Waals surface area contributed by atoms with Gasteiger partial charge in [-0.1, -0.05) is 23.7 Å². The summed E-state index contributed by atoms with van der Waals surface area (Å²) in [4.78, 5) is 4.39. The van der Waals surface area contributed by atoms with Crippen LogP contribution >= 0.6 is 11.6 Å². The van der Waals surface area contributed by atoms with E-state index in [4.69, 9.17) is 30.5 Å². The van der Waals surface area contributed by atoms with Gasteiger partial charge in [0.25, 0.3) is 0 Å². The second-order valence-corrected chi connectivity index (χ2v) is 6.28. The SMILES string of the molecule is C=C.CCNc1ncc(Cl)cc1CC(OC)c1cccc(OCCOC)c1OC.CF. The van der Waals surface area contributed by atoms with Gasteiger partial charge < -0.3 is 24.3 Å². The molecule has 174 valence electrons. The van der Waals surface area contributed by atoms with Gasteiger partial charge in [-0.2, -0.15) is 0 Å². The fourth-order valence-electron chi connectivity index (χ4n) is 2.84. The van der Waals surface area contributed by atoms with Crippen molar-refractivity contribution in [3.63, 3.8) is 0 Å². The normalized spacial score (nSPS) is 10.7. The topological polar surface area (TPSA) is 61.8 Å². The lowest BCUT2D eigenvalue weighted by molar-refractivity contribution is 0.0999. The van der Waals surface area contributed by atoms with Gasteiger partial charge in [0.2, 0.25) is 0 Å². The Labute approximate surface area is 190 Å². The van der Waals surface area contributed by atoms with Gasteiger partial charge in [-0.05, 0) is 24.6 Å². The molecule has 1 aromatic heterocycles. The molecule has 0 aliphatic carbocycles. The number of pyridine rings is 1. The van der Waals surface area contributed by atoms with Gasteiger partial charge >= 0.3 is 0 Å². The predicted molar refractivity (Wildman–Crippen MR) is 126 cm³/mol. The molecule has 0 aliphatic rings. The lowest BCUT2D eigenvalue weighted by atomic mass is 10.00. The summed E-state index contributed by atoms with van der Waals surface area (Å²) < 4.78 is 31.7. The molecule has 0 bridgehead atoms. The summed E-state index contributed by atoms with van der Waals surface area (Å²) >= 11 is 6.16. The van der Waals surface area contributed by atoms with Crippen molar-refractivity contribution >= 4 is 17.4 Å². The maximum atomic E-state index is 9.50. The Hall–Kier alpha value is -2.35. The van der Waals surface area contributed by atoms with E-state index in [1.54, 1.807) is 27.5 Å². The smallest absolute Gasteiger partial charge is 0.166 e. The molecule has 1 heterocycles. The summed E-state index contributed by atoms with van der Waals surface area (Å²) in [5, 5.41) is 3.85. The number of nitrogens with zero attached hydrogens (tertiary/aromatic N) is 1. The Morgan fingerprint density at radius 1 is 1.16 bits per heavy atom. The van der Waals surface area contributed by atoms with E-state index in [1.165, 1.54) is 0 Å². The molecular formula is C23H34ClFN2O4. The second-order valence-electron chi connectivity index (χ2n) is 5.84. The summed E-state index contributed by atoms with van der Waals surface area (Å²) in [5.41, 5.74) is 1.88. The summed E-state index contributed by atoms with van der Waals surface area (Å²) in [6.45, 7) is 9.74. The molecule has 0 saturated heterocycles. The Morgan fingerprint density at radius 2 is 1.87 bits per heavy atom. The van der Waals surface area contributed by atoms with E-state index in [1.807, 2.05) is 31.2 Å². The van der Waals surface area contributed by atoms with Gasteiger partial charge in [0, 0.05) is 38.9 Å². The molecule has 0 radical (unpaired) electrons. The van der Waals surface area contributed by atoms with Crippen LogP contribution in [0.4, 0.5) is 10.2 Å². The van der Waals surface area contributed by atoms with Crippen molar-refractivity contribution in [1.82, 2.24) is 4.98 Å². The average molecular weight is 457 g/mol. The van der Waals surface area contributed by atoms with Crippen LogP contribution in [0.25, 0.3) is 0 Å². The third kappa shape index (κ3) is 9.12. The summed E-state index contributed by atoms with van der Waals surface area (Å²) in [5.74, 6) is 2.11. The van der Waals surface area contributed by atoms with Crippen LogP contribution in [0.1, 0.15) is 24.2 Å². The molecule has 6 nitrogen and oxygen atoms in total. The number of anilines is 1. The molecule has 0 aliphatic heterocycles. The Balaban J connectivity index is 0.00000212. The number of methoxy groups -OCH3 is 3. The third-order valence-electron chi connectivity index (χ3n) is 4.07. The number of rotatable bonds is 11. The first kappa shape index (κ1) is 28.6. The van der Waals surface area contributed by atoms with Crippen LogP contribution in [0.3, 0.4) is 0 Å². The van der Waals surface area contributed by atoms with E-state index in [2.05, 4.69) is 23.5 Å². The molecule has 2 rings (SSSR count). The van der Waals surface area contributed by atoms with Crippen LogP contribution in [0.2, 0.25) is 5.02 Å². The fourth-order valence-corrected chi connectivity index (χ4v) is 3.02. The number of nitrogens with one attached hydrogen (secondary N) is 1. The molecule has 8 heteroatoms. The minimum Gasteiger partial charge on any atom is -0.492 e. The molecule has 0 spiro atoms. The Morgan fingerprint density at radius 3 is 2.45 bits per heavy atom. The van der Waals surface area contributed by atoms with Gasteiger partial charge in [0.05, 0.1) is 32.0 Å². The van der Waals surface area contributed by atoms with Gasteiger partial charge in [-0.25, -0.2) is 4.98 Å². The van der Waals surface area contributed by atoms with Gasteiger partial charge in [-0.15, -0.1) is 13.2 Å². The van der Waals surface area contributed by atoms with Crippen LogP contribution < -0.4 is 14.8 Å². The summed E-state index contributed by atoms with van der Waals surface area (Å²) in [7, 11) is 5.44. The van der Waals surface area contributed by atoms with Gasteiger partial charge in [-0.3, -0.25) is 4.39 Å². The van der Waals surface area contributed by atoms with Crippen molar-refractivity contribution in [2.45, 2.75) is 19.4 Å². The van der Waals surface area contributed by atoms with E-state index in [-0.39, 0.29) is 6.10 Å². The van der Waals surface area contributed by atoms with E-state index < -0.39 is 0 Å². The van der Waals surface area contributed by atoms with E-state index in [0.29, 0.717) is 43.3 Å². The molecule has 1 aromatic carbocycles. The van der Waals surface area contributed by atoms with E-state index >= 15 is 0 Å². The molecule has 0 amide bonds. The maximum absolute atomic E-state index is 9.50. The minimum atomic E-state index is -0.247.